The number of methoxy groups -OCH3 is 1. The predicted octanol–water partition coefficient (Wildman–Crippen LogP) is 1.61. The molecule has 1 N–H and O–H groups in total. The summed E-state index contributed by atoms with van der Waals surface area (Å²) >= 11 is 0. The van der Waals surface area contributed by atoms with E-state index in [-0.39, 0.29) is 10.8 Å². The van der Waals surface area contributed by atoms with Crippen LogP contribution in [-0.4, -0.2) is 27.5 Å². The molecule has 0 bridgehead atoms. The van der Waals surface area contributed by atoms with Crippen molar-refractivity contribution in [1.29, 1.82) is 0 Å². The van der Waals surface area contributed by atoms with Crippen LogP contribution in [0.2, 0.25) is 0 Å². The molecule has 0 aliphatic carbocycles. The Morgan fingerprint density at radius 1 is 1.35 bits per heavy atom. The fourth-order valence-corrected chi connectivity index (χ4v) is 2.90. The first-order valence-electron chi connectivity index (χ1n) is 6.05. The largest absolute Gasteiger partial charge is 0.468 e. The molecule has 0 aromatic heterocycles. The molecule has 0 aliphatic rings. The number of hydrogen-bond acceptors (Lipinski definition) is 4. The van der Waals surface area contributed by atoms with Crippen molar-refractivity contribution >= 4 is 16.0 Å². The van der Waals surface area contributed by atoms with Crippen molar-refractivity contribution in [1.82, 2.24) is 4.72 Å². The van der Waals surface area contributed by atoms with Gasteiger partial charge in [-0.15, -0.1) is 0 Å². The van der Waals surface area contributed by atoms with Crippen molar-refractivity contribution in [3.63, 3.8) is 0 Å². The van der Waals surface area contributed by atoms with E-state index < -0.39 is 27.9 Å². The molecule has 7 heteroatoms. The highest BCUT2D eigenvalue weighted by molar-refractivity contribution is 7.89. The first-order valence-corrected chi connectivity index (χ1v) is 7.53. The molecule has 112 valence electrons. The summed E-state index contributed by atoms with van der Waals surface area (Å²) < 4.78 is 44.5. The third-order valence-corrected chi connectivity index (χ3v) is 4.30. The van der Waals surface area contributed by atoms with E-state index in [1.807, 2.05) is 0 Å². The molecule has 0 heterocycles. The second kappa shape index (κ2) is 6.32. The third-order valence-electron chi connectivity index (χ3n) is 2.86. The van der Waals surface area contributed by atoms with Crippen LogP contribution in [0.25, 0.3) is 0 Å². The maximum atomic E-state index is 13.4. The number of ether oxygens (including phenoxy) is 1. The molecule has 0 aliphatic heterocycles. The number of carbonyl (C=O) groups excluding carboxylic acids is 1. The van der Waals surface area contributed by atoms with Gasteiger partial charge in [0.15, 0.2) is 0 Å². The zero-order chi connectivity index (χ0) is 15.5. The lowest BCUT2D eigenvalue weighted by atomic mass is 10.1. The Bertz CT molecular complexity index is 598. The molecule has 1 unspecified atom stereocenters. The number of halogens is 1. The van der Waals surface area contributed by atoms with Gasteiger partial charge in [-0.3, -0.25) is 4.79 Å². The van der Waals surface area contributed by atoms with E-state index in [4.69, 9.17) is 0 Å². The molecule has 0 amide bonds. The minimum atomic E-state index is -3.99. The lowest BCUT2D eigenvalue weighted by Gasteiger charge is -2.19. The quantitative estimate of drug-likeness (QED) is 0.839. The molecule has 0 saturated heterocycles. The molecule has 1 rings (SSSR count). The molecule has 0 spiro atoms. The zero-order valence-corrected chi connectivity index (χ0v) is 12.6. The van der Waals surface area contributed by atoms with Crippen molar-refractivity contribution in [3.8, 4) is 0 Å². The first-order chi connectivity index (χ1) is 9.19. The lowest BCUT2D eigenvalue weighted by Crippen LogP contribution is -2.44. The molecular weight excluding hydrogens is 285 g/mol. The Morgan fingerprint density at radius 3 is 2.40 bits per heavy atom. The van der Waals surface area contributed by atoms with Crippen molar-refractivity contribution in [2.45, 2.75) is 31.7 Å². The molecule has 5 nitrogen and oxygen atoms in total. The summed E-state index contributed by atoms with van der Waals surface area (Å²) in [7, 11) is -2.81. The second-order valence-corrected chi connectivity index (χ2v) is 6.49. The molecule has 0 radical (unpaired) electrons. The van der Waals surface area contributed by atoms with Gasteiger partial charge in [-0.1, -0.05) is 19.9 Å². The molecule has 20 heavy (non-hydrogen) atoms. The van der Waals surface area contributed by atoms with Crippen LogP contribution in [0.4, 0.5) is 4.39 Å². The highest BCUT2D eigenvalue weighted by Crippen LogP contribution is 2.16. The maximum Gasteiger partial charge on any atom is 0.324 e. The van der Waals surface area contributed by atoms with E-state index in [9.17, 15) is 17.6 Å². The fourth-order valence-electron chi connectivity index (χ4n) is 1.56. The van der Waals surface area contributed by atoms with Gasteiger partial charge in [0.2, 0.25) is 10.0 Å². The van der Waals surface area contributed by atoms with E-state index in [1.165, 1.54) is 26.2 Å². The van der Waals surface area contributed by atoms with Crippen LogP contribution in [0.1, 0.15) is 19.4 Å². The normalized spacial score (nSPS) is 13.3. The van der Waals surface area contributed by atoms with Gasteiger partial charge < -0.3 is 4.74 Å². The number of sulfonamides is 1. The standard InChI is InChI=1S/C13H18FNO4S/c1-8(2)12(13(16)19-4)15-20(17,18)10-6-5-9(3)11(14)7-10/h5-8,12,15H,1-4H3. The third kappa shape index (κ3) is 3.77. The number of hydrogen-bond donors (Lipinski definition) is 1. The van der Waals surface area contributed by atoms with Gasteiger partial charge in [-0.2, -0.15) is 4.72 Å². The van der Waals surface area contributed by atoms with Crippen LogP contribution in [0.15, 0.2) is 23.1 Å². The SMILES string of the molecule is COC(=O)C(NS(=O)(=O)c1ccc(C)c(F)c1)C(C)C. The van der Waals surface area contributed by atoms with Crippen molar-refractivity contribution < 1.29 is 22.3 Å². The Hall–Kier alpha value is -1.47. The summed E-state index contributed by atoms with van der Waals surface area (Å²) in [5.41, 5.74) is 0.345. The Labute approximate surface area is 118 Å². The summed E-state index contributed by atoms with van der Waals surface area (Å²) in [5, 5.41) is 0. The second-order valence-electron chi connectivity index (χ2n) is 4.78. The summed E-state index contributed by atoms with van der Waals surface area (Å²) in [6.45, 7) is 4.89. The van der Waals surface area contributed by atoms with Crippen LogP contribution >= 0.6 is 0 Å². The van der Waals surface area contributed by atoms with Crippen LogP contribution in [-0.2, 0) is 19.6 Å². The maximum absolute atomic E-state index is 13.4. The highest BCUT2D eigenvalue weighted by atomic mass is 32.2. The van der Waals surface area contributed by atoms with E-state index in [0.717, 1.165) is 6.07 Å². The monoisotopic (exact) mass is 303 g/mol. The first kappa shape index (κ1) is 16.6. The van der Waals surface area contributed by atoms with Gasteiger partial charge in [0, 0.05) is 0 Å². The molecule has 1 aromatic carbocycles. The summed E-state index contributed by atoms with van der Waals surface area (Å²) in [5.74, 6) is -1.60. The number of aryl methyl sites for hydroxylation is 1. The lowest BCUT2D eigenvalue weighted by molar-refractivity contribution is -0.143. The predicted molar refractivity (Wildman–Crippen MR) is 72.1 cm³/mol. The fraction of sp³-hybridized carbons (Fsp3) is 0.462. The van der Waals surface area contributed by atoms with Gasteiger partial charge in [0.05, 0.1) is 12.0 Å². The van der Waals surface area contributed by atoms with Crippen molar-refractivity contribution in [2.24, 2.45) is 5.92 Å². The van der Waals surface area contributed by atoms with E-state index >= 15 is 0 Å². The Morgan fingerprint density at radius 2 is 1.95 bits per heavy atom. The molecule has 0 saturated carbocycles. The summed E-state index contributed by atoms with van der Waals surface area (Å²) in [6.07, 6.45) is 0. The van der Waals surface area contributed by atoms with Gasteiger partial charge in [-0.25, -0.2) is 12.8 Å². The topological polar surface area (TPSA) is 72.5 Å². The van der Waals surface area contributed by atoms with Crippen molar-refractivity contribution in [3.05, 3.63) is 29.6 Å². The molecule has 1 atom stereocenters. The summed E-state index contributed by atoms with van der Waals surface area (Å²) in [4.78, 5) is 11.3. The van der Waals surface area contributed by atoms with E-state index in [1.54, 1.807) is 13.8 Å². The smallest absolute Gasteiger partial charge is 0.324 e. The van der Waals surface area contributed by atoms with Gasteiger partial charge in [0.25, 0.3) is 0 Å². The van der Waals surface area contributed by atoms with Crippen molar-refractivity contribution in [2.75, 3.05) is 7.11 Å². The molecular formula is C13H18FNO4S. The van der Waals surface area contributed by atoms with Gasteiger partial charge >= 0.3 is 5.97 Å². The van der Waals surface area contributed by atoms with E-state index in [0.29, 0.717) is 5.56 Å². The average molecular weight is 303 g/mol. The number of rotatable bonds is 5. The minimum absolute atomic E-state index is 0.227. The number of nitrogens with one attached hydrogen (secondary N) is 1. The van der Waals surface area contributed by atoms with Gasteiger partial charge in [-0.05, 0) is 30.5 Å². The van der Waals surface area contributed by atoms with Crippen LogP contribution < -0.4 is 4.72 Å². The van der Waals surface area contributed by atoms with E-state index in [2.05, 4.69) is 9.46 Å². The van der Waals surface area contributed by atoms with Crippen LogP contribution in [0.3, 0.4) is 0 Å². The van der Waals surface area contributed by atoms with Gasteiger partial charge in [0.1, 0.15) is 11.9 Å². The molecule has 1 aromatic rings. The Kier molecular flexibility index (Phi) is 5.24. The zero-order valence-electron chi connectivity index (χ0n) is 11.8. The average Bonchev–Trinajstić information content (AvgIpc) is 2.38. The highest BCUT2D eigenvalue weighted by Gasteiger charge is 2.29. The van der Waals surface area contributed by atoms with Crippen LogP contribution in [0, 0.1) is 18.7 Å². The number of esters is 1. The molecule has 0 fully saturated rings. The van der Waals surface area contributed by atoms with Crippen LogP contribution in [0.5, 0.6) is 0 Å². The summed E-state index contributed by atoms with van der Waals surface area (Å²) in [6, 6.07) is 2.56. The number of benzene rings is 1. The minimum Gasteiger partial charge on any atom is -0.468 e. The Balaban J connectivity index is 3.09. The number of carbonyl (C=O) groups is 1.